The minimum atomic E-state index is -3.48. The number of halogens is 1. The Labute approximate surface area is 153 Å². The van der Waals surface area contributed by atoms with Gasteiger partial charge >= 0.3 is 7.60 Å². The molecule has 0 aliphatic heterocycles. The molecule has 0 amide bonds. The van der Waals surface area contributed by atoms with Crippen molar-refractivity contribution in [3.8, 4) is 17.6 Å². The number of rotatable bonds is 6. The van der Waals surface area contributed by atoms with Crippen LogP contribution < -0.4 is 10.0 Å². The smallest absolute Gasteiger partial charge is 0.362 e. The van der Waals surface area contributed by atoms with Crippen LogP contribution in [0.2, 0.25) is 5.02 Å². The molecule has 0 atom stereocenters. The highest BCUT2D eigenvalue weighted by atomic mass is 35.5. The molecule has 25 heavy (non-hydrogen) atoms. The van der Waals surface area contributed by atoms with Gasteiger partial charge in [-0.3, -0.25) is 4.57 Å². The standard InChI is InChI=1S/C19H20ClO4P/c1-4-23-25(21,24-5-2)19-14-17(20)11-10-16(19)9-6-15-7-12-18(22-3)13-8-15/h7-8,10-14H,4-5H2,1-3H3. The van der Waals surface area contributed by atoms with Crippen molar-refractivity contribution in [2.75, 3.05) is 20.3 Å². The molecule has 0 saturated heterocycles. The average molecular weight is 379 g/mol. The Bertz CT molecular complexity index is 812. The van der Waals surface area contributed by atoms with Crippen LogP contribution in [-0.2, 0) is 13.6 Å². The minimum Gasteiger partial charge on any atom is -0.497 e. The van der Waals surface area contributed by atoms with E-state index in [1.54, 1.807) is 39.2 Å². The predicted molar refractivity (Wildman–Crippen MR) is 101 cm³/mol. The molecule has 6 heteroatoms. The zero-order chi connectivity index (χ0) is 18.3. The molecule has 0 spiro atoms. The maximum Gasteiger partial charge on any atom is 0.362 e. The van der Waals surface area contributed by atoms with E-state index in [1.807, 2.05) is 24.3 Å². The number of hydrogen-bond acceptors (Lipinski definition) is 4. The van der Waals surface area contributed by atoms with Gasteiger partial charge in [-0.15, -0.1) is 0 Å². The molecule has 0 fully saturated rings. The van der Waals surface area contributed by atoms with Gasteiger partial charge in [0.1, 0.15) is 5.75 Å². The molecule has 2 aromatic carbocycles. The third kappa shape index (κ3) is 5.11. The summed E-state index contributed by atoms with van der Waals surface area (Å²) < 4.78 is 29.1. The maximum absolute atomic E-state index is 13.1. The van der Waals surface area contributed by atoms with Gasteiger partial charge in [0.25, 0.3) is 0 Å². The van der Waals surface area contributed by atoms with Crippen molar-refractivity contribution in [2.45, 2.75) is 13.8 Å². The molecule has 0 aliphatic carbocycles. The lowest BCUT2D eigenvalue weighted by Gasteiger charge is -2.18. The lowest BCUT2D eigenvalue weighted by Crippen LogP contribution is -2.14. The fraction of sp³-hybridized carbons (Fsp3) is 0.263. The fourth-order valence-corrected chi connectivity index (χ4v) is 4.17. The Morgan fingerprint density at radius 1 is 1.00 bits per heavy atom. The second-order valence-electron chi connectivity index (χ2n) is 4.97. The third-order valence-electron chi connectivity index (χ3n) is 3.28. The maximum atomic E-state index is 13.1. The molecule has 0 heterocycles. The number of methoxy groups -OCH3 is 1. The van der Waals surface area contributed by atoms with Crippen LogP contribution in [0.4, 0.5) is 0 Å². The summed E-state index contributed by atoms with van der Waals surface area (Å²) in [6, 6.07) is 12.4. The lowest BCUT2D eigenvalue weighted by molar-refractivity contribution is 0.230. The molecular weight excluding hydrogens is 359 g/mol. The molecule has 0 unspecified atom stereocenters. The first kappa shape index (κ1) is 19.6. The van der Waals surface area contributed by atoms with Gasteiger partial charge in [0.2, 0.25) is 0 Å². The molecule has 0 radical (unpaired) electrons. The van der Waals surface area contributed by atoms with Crippen molar-refractivity contribution < 1.29 is 18.3 Å². The van der Waals surface area contributed by atoms with Crippen LogP contribution in [0.15, 0.2) is 42.5 Å². The van der Waals surface area contributed by atoms with Crippen molar-refractivity contribution in [1.29, 1.82) is 0 Å². The lowest BCUT2D eigenvalue weighted by atomic mass is 10.2. The second-order valence-corrected chi connectivity index (χ2v) is 7.40. The summed E-state index contributed by atoms with van der Waals surface area (Å²) in [4.78, 5) is 0. The summed E-state index contributed by atoms with van der Waals surface area (Å²) in [5.41, 5.74) is 1.37. The summed E-state index contributed by atoms with van der Waals surface area (Å²) >= 11 is 6.08. The van der Waals surface area contributed by atoms with E-state index >= 15 is 0 Å². The van der Waals surface area contributed by atoms with E-state index in [1.165, 1.54) is 0 Å². The number of ether oxygens (including phenoxy) is 1. The summed E-state index contributed by atoms with van der Waals surface area (Å²) in [6.07, 6.45) is 0. The summed E-state index contributed by atoms with van der Waals surface area (Å²) in [5, 5.41) is 0.828. The van der Waals surface area contributed by atoms with Gasteiger partial charge in [0, 0.05) is 16.1 Å². The molecule has 4 nitrogen and oxygen atoms in total. The zero-order valence-electron chi connectivity index (χ0n) is 14.4. The SMILES string of the molecule is CCOP(=O)(OCC)c1cc(Cl)ccc1C#Cc1ccc(OC)cc1. The van der Waals surface area contributed by atoms with E-state index in [0.717, 1.165) is 11.3 Å². The molecule has 0 saturated carbocycles. The largest absolute Gasteiger partial charge is 0.497 e. The van der Waals surface area contributed by atoms with Crippen LogP contribution in [0.3, 0.4) is 0 Å². The van der Waals surface area contributed by atoms with Gasteiger partial charge in [0.15, 0.2) is 0 Å². The Balaban J connectivity index is 2.45. The third-order valence-corrected chi connectivity index (χ3v) is 5.68. The van der Waals surface area contributed by atoms with Crippen molar-refractivity contribution in [2.24, 2.45) is 0 Å². The minimum absolute atomic E-state index is 0.259. The van der Waals surface area contributed by atoms with E-state index in [9.17, 15) is 4.57 Å². The van der Waals surface area contributed by atoms with Gasteiger partial charge in [-0.2, -0.15) is 0 Å². The van der Waals surface area contributed by atoms with Crippen LogP contribution in [0.1, 0.15) is 25.0 Å². The molecule has 0 bridgehead atoms. The normalized spacial score (nSPS) is 10.9. The predicted octanol–water partition coefficient (Wildman–Crippen LogP) is 4.64. The quantitative estimate of drug-likeness (QED) is 0.542. The molecule has 132 valence electrons. The first-order valence-electron chi connectivity index (χ1n) is 7.87. The van der Waals surface area contributed by atoms with Crippen LogP contribution in [0, 0.1) is 11.8 Å². The van der Waals surface area contributed by atoms with Gasteiger partial charge in [-0.05, 0) is 56.3 Å². The van der Waals surface area contributed by atoms with Crippen molar-refractivity contribution in [3.63, 3.8) is 0 Å². The monoisotopic (exact) mass is 378 g/mol. The Morgan fingerprint density at radius 2 is 1.64 bits per heavy atom. The highest BCUT2D eigenvalue weighted by Crippen LogP contribution is 2.48. The van der Waals surface area contributed by atoms with Gasteiger partial charge in [-0.25, -0.2) is 0 Å². The molecule has 0 N–H and O–H groups in total. The van der Waals surface area contributed by atoms with Gasteiger partial charge in [-0.1, -0.05) is 23.4 Å². The first-order chi connectivity index (χ1) is 12.0. The number of hydrogen-bond donors (Lipinski definition) is 0. The van der Waals surface area contributed by atoms with Gasteiger partial charge < -0.3 is 13.8 Å². The number of benzene rings is 2. The topological polar surface area (TPSA) is 44.8 Å². The van der Waals surface area contributed by atoms with Crippen LogP contribution >= 0.6 is 19.2 Å². The average Bonchev–Trinajstić information content (AvgIpc) is 2.61. The Kier molecular flexibility index (Phi) is 7.11. The van der Waals surface area contributed by atoms with Gasteiger partial charge in [0.05, 0.1) is 25.6 Å². The van der Waals surface area contributed by atoms with Crippen molar-refractivity contribution in [1.82, 2.24) is 0 Å². The van der Waals surface area contributed by atoms with E-state index in [0.29, 0.717) is 15.9 Å². The summed E-state index contributed by atoms with van der Waals surface area (Å²) in [5.74, 6) is 6.84. The molecule has 2 rings (SSSR count). The summed E-state index contributed by atoms with van der Waals surface area (Å²) in [6.45, 7) is 4.04. The first-order valence-corrected chi connectivity index (χ1v) is 9.79. The van der Waals surface area contributed by atoms with Crippen LogP contribution in [-0.4, -0.2) is 20.3 Å². The van der Waals surface area contributed by atoms with E-state index in [-0.39, 0.29) is 13.2 Å². The van der Waals surface area contributed by atoms with Crippen LogP contribution in [0.5, 0.6) is 5.75 Å². The van der Waals surface area contributed by atoms with Crippen molar-refractivity contribution in [3.05, 3.63) is 58.6 Å². The van der Waals surface area contributed by atoms with E-state index in [4.69, 9.17) is 25.4 Å². The van der Waals surface area contributed by atoms with E-state index < -0.39 is 7.60 Å². The Morgan fingerprint density at radius 3 is 2.20 bits per heavy atom. The Hall–Kier alpha value is -1.76. The van der Waals surface area contributed by atoms with Crippen molar-refractivity contribution >= 4 is 24.5 Å². The fourth-order valence-electron chi connectivity index (χ4n) is 2.17. The summed E-state index contributed by atoms with van der Waals surface area (Å²) in [7, 11) is -1.87. The van der Waals surface area contributed by atoms with E-state index in [2.05, 4.69) is 11.8 Å². The molecule has 0 aliphatic rings. The molecule has 0 aromatic heterocycles. The highest BCUT2D eigenvalue weighted by molar-refractivity contribution is 7.62. The highest BCUT2D eigenvalue weighted by Gasteiger charge is 2.29. The molecular formula is C19H20ClO4P. The molecule has 2 aromatic rings. The zero-order valence-corrected chi connectivity index (χ0v) is 16.1. The second kappa shape index (κ2) is 9.08. The van der Waals surface area contributed by atoms with Crippen LogP contribution in [0.25, 0.3) is 0 Å².